The number of carbonyl (C=O) groups is 1. The molecule has 142 valence electrons. The third-order valence-corrected chi connectivity index (χ3v) is 7.75. The van der Waals surface area contributed by atoms with Crippen LogP contribution < -0.4 is 4.90 Å². The van der Waals surface area contributed by atoms with Crippen molar-refractivity contribution in [3.63, 3.8) is 0 Å². The van der Waals surface area contributed by atoms with Gasteiger partial charge < -0.3 is 4.90 Å². The number of carbonyl (C=O) groups excluding carboxylic acids is 1. The molecule has 5 nitrogen and oxygen atoms in total. The molecule has 0 radical (unpaired) electrons. The number of benzene rings is 2. The van der Waals surface area contributed by atoms with Gasteiger partial charge >= 0.3 is 6.03 Å². The van der Waals surface area contributed by atoms with E-state index < -0.39 is 9.84 Å². The van der Waals surface area contributed by atoms with Gasteiger partial charge in [0.05, 0.1) is 23.6 Å². The van der Waals surface area contributed by atoms with Gasteiger partial charge in [-0.15, -0.1) is 11.8 Å². The third-order valence-electron chi connectivity index (χ3n) is 5.07. The first-order valence-electron chi connectivity index (χ1n) is 8.57. The summed E-state index contributed by atoms with van der Waals surface area (Å²) < 4.78 is 24.6. The molecule has 2 amide bonds. The standard InChI is InChI=1S/C19H19ClN2O3S2/c1-26-16-4-2-3-15(9-16)22-18-12-27(24,25)11-17(18)21(19(22)23)10-13-5-7-14(20)8-6-13/h2-9,17-18H,10-12H2,1H3/t17-,18+/m1/s1. The van der Waals surface area contributed by atoms with Gasteiger partial charge in [0, 0.05) is 22.2 Å². The average molecular weight is 423 g/mol. The molecule has 2 atom stereocenters. The number of hydrogen-bond acceptors (Lipinski definition) is 4. The Morgan fingerprint density at radius 3 is 2.52 bits per heavy atom. The monoisotopic (exact) mass is 422 g/mol. The first-order valence-corrected chi connectivity index (χ1v) is 12.0. The van der Waals surface area contributed by atoms with Crippen LogP contribution in [0.4, 0.5) is 10.5 Å². The number of hydrogen-bond donors (Lipinski definition) is 0. The summed E-state index contributed by atoms with van der Waals surface area (Å²) in [6, 6.07) is 14.1. The number of halogens is 1. The summed E-state index contributed by atoms with van der Waals surface area (Å²) in [5.74, 6) is 0.0136. The maximum absolute atomic E-state index is 13.2. The minimum Gasteiger partial charge on any atom is -0.314 e. The van der Waals surface area contributed by atoms with E-state index in [2.05, 4.69) is 0 Å². The SMILES string of the molecule is CSc1cccc(N2C(=O)N(Cc3ccc(Cl)cc3)[C@@H]3CS(=O)(=O)C[C@@H]32)c1. The lowest BCUT2D eigenvalue weighted by molar-refractivity contribution is 0.206. The van der Waals surface area contributed by atoms with Crippen LogP contribution in [0.1, 0.15) is 5.56 Å². The summed E-state index contributed by atoms with van der Waals surface area (Å²) in [5.41, 5.74) is 1.67. The van der Waals surface area contributed by atoms with Crippen molar-refractivity contribution in [2.24, 2.45) is 0 Å². The van der Waals surface area contributed by atoms with Gasteiger partial charge in [-0.2, -0.15) is 0 Å². The number of rotatable bonds is 4. The highest BCUT2D eigenvalue weighted by molar-refractivity contribution is 7.98. The molecule has 8 heteroatoms. The van der Waals surface area contributed by atoms with E-state index in [9.17, 15) is 13.2 Å². The molecule has 2 fully saturated rings. The highest BCUT2D eigenvalue weighted by atomic mass is 35.5. The van der Waals surface area contributed by atoms with Crippen molar-refractivity contribution in [1.29, 1.82) is 0 Å². The van der Waals surface area contributed by atoms with E-state index in [1.54, 1.807) is 33.7 Å². The van der Waals surface area contributed by atoms with Crippen LogP contribution in [0.2, 0.25) is 5.02 Å². The molecule has 0 saturated carbocycles. The van der Waals surface area contributed by atoms with Crippen LogP contribution in [0, 0.1) is 0 Å². The lowest BCUT2D eigenvalue weighted by atomic mass is 10.1. The number of nitrogens with zero attached hydrogens (tertiary/aromatic N) is 2. The van der Waals surface area contributed by atoms with E-state index >= 15 is 0 Å². The van der Waals surface area contributed by atoms with Gasteiger partial charge in [-0.25, -0.2) is 13.2 Å². The van der Waals surface area contributed by atoms with Gasteiger partial charge in [0.25, 0.3) is 0 Å². The molecule has 0 bridgehead atoms. The summed E-state index contributed by atoms with van der Waals surface area (Å²) in [5, 5.41) is 0.628. The van der Waals surface area contributed by atoms with E-state index in [4.69, 9.17) is 11.6 Å². The zero-order valence-corrected chi connectivity index (χ0v) is 17.1. The highest BCUT2D eigenvalue weighted by Gasteiger charge is 2.53. The molecular weight excluding hydrogens is 404 g/mol. The molecule has 0 unspecified atom stereocenters. The largest absolute Gasteiger partial charge is 0.325 e. The van der Waals surface area contributed by atoms with Crippen molar-refractivity contribution in [1.82, 2.24) is 4.90 Å². The van der Waals surface area contributed by atoms with Gasteiger partial charge in [0.1, 0.15) is 0 Å². The zero-order valence-electron chi connectivity index (χ0n) is 14.7. The van der Waals surface area contributed by atoms with Crippen LogP contribution in [0.5, 0.6) is 0 Å². The Morgan fingerprint density at radius 1 is 1.11 bits per heavy atom. The van der Waals surface area contributed by atoms with Crippen molar-refractivity contribution >= 4 is 44.9 Å². The summed E-state index contributed by atoms with van der Waals surface area (Å²) in [6.07, 6.45) is 1.97. The second kappa shape index (κ2) is 7.04. The minimum atomic E-state index is -3.18. The Morgan fingerprint density at radius 2 is 1.81 bits per heavy atom. The molecule has 27 heavy (non-hydrogen) atoms. The average Bonchev–Trinajstić information content (AvgIpc) is 3.07. The normalized spacial score (nSPS) is 23.7. The first kappa shape index (κ1) is 18.7. The lowest BCUT2D eigenvalue weighted by Gasteiger charge is -2.23. The molecule has 0 aliphatic carbocycles. The van der Waals surface area contributed by atoms with Crippen molar-refractivity contribution in [2.45, 2.75) is 23.5 Å². The Hall–Kier alpha value is -1.70. The van der Waals surface area contributed by atoms with Crippen molar-refractivity contribution in [2.75, 3.05) is 22.7 Å². The molecular formula is C19H19ClN2O3S2. The number of fused-ring (bicyclic) bond motifs is 1. The van der Waals surface area contributed by atoms with E-state index in [1.807, 2.05) is 42.7 Å². The van der Waals surface area contributed by atoms with Gasteiger partial charge in [0.2, 0.25) is 0 Å². The molecule has 0 spiro atoms. The van der Waals surface area contributed by atoms with Crippen molar-refractivity contribution in [3.8, 4) is 0 Å². The van der Waals surface area contributed by atoms with E-state index in [1.165, 1.54) is 0 Å². The molecule has 2 heterocycles. The van der Waals surface area contributed by atoms with Crippen LogP contribution in [-0.2, 0) is 16.4 Å². The smallest absolute Gasteiger partial charge is 0.314 e. The summed E-state index contributed by atoms with van der Waals surface area (Å²) in [7, 11) is -3.18. The van der Waals surface area contributed by atoms with Crippen LogP contribution in [0.15, 0.2) is 53.4 Å². The zero-order chi connectivity index (χ0) is 19.2. The summed E-state index contributed by atoms with van der Waals surface area (Å²) >= 11 is 7.54. The fourth-order valence-corrected chi connectivity index (χ4v) is 6.34. The molecule has 2 saturated heterocycles. The predicted octanol–water partition coefficient (Wildman–Crippen LogP) is 3.67. The topological polar surface area (TPSA) is 57.7 Å². The number of urea groups is 1. The van der Waals surface area contributed by atoms with Gasteiger partial charge in [-0.1, -0.05) is 29.8 Å². The van der Waals surface area contributed by atoms with Crippen molar-refractivity contribution in [3.05, 3.63) is 59.1 Å². The maximum Gasteiger partial charge on any atom is 0.325 e. The van der Waals surface area contributed by atoms with E-state index in [-0.39, 0.29) is 29.6 Å². The molecule has 2 aliphatic heterocycles. The Labute approximate surface area is 168 Å². The van der Waals surface area contributed by atoms with Crippen LogP contribution >= 0.6 is 23.4 Å². The van der Waals surface area contributed by atoms with Crippen LogP contribution in [0.25, 0.3) is 0 Å². The van der Waals surface area contributed by atoms with E-state index in [0.29, 0.717) is 11.6 Å². The molecule has 2 aromatic carbocycles. The minimum absolute atomic E-state index is 0.00399. The fraction of sp³-hybridized carbons (Fsp3) is 0.316. The lowest BCUT2D eigenvalue weighted by Crippen LogP contribution is -2.37. The number of anilines is 1. The van der Waals surface area contributed by atoms with Gasteiger partial charge in [-0.05, 0) is 42.2 Å². The summed E-state index contributed by atoms with van der Waals surface area (Å²) in [6.45, 7) is 0.366. The number of thioether (sulfide) groups is 1. The van der Waals surface area contributed by atoms with Crippen molar-refractivity contribution < 1.29 is 13.2 Å². The highest BCUT2D eigenvalue weighted by Crippen LogP contribution is 2.37. The molecule has 2 aromatic rings. The van der Waals surface area contributed by atoms with Crippen LogP contribution in [0.3, 0.4) is 0 Å². The first-order chi connectivity index (χ1) is 12.9. The fourth-order valence-electron chi connectivity index (χ4n) is 3.81. The van der Waals surface area contributed by atoms with Crippen LogP contribution in [-0.4, -0.2) is 49.2 Å². The molecule has 2 aliphatic rings. The Bertz CT molecular complexity index is 979. The van der Waals surface area contributed by atoms with E-state index in [0.717, 1.165) is 16.1 Å². The predicted molar refractivity (Wildman–Crippen MR) is 109 cm³/mol. The van der Waals surface area contributed by atoms with Gasteiger partial charge in [0.15, 0.2) is 9.84 Å². The van der Waals surface area contributed by atoms with Gasteiger partial charge in [-0.3, -0.25) is 4.90 Å². The second-order valence-corrected chi connectivity index (χ2v) is 10.3. The molecule has 4 rings (SSSR count). The molecule has 0 N–H and O–H groups in total. The molecule has 0 aromatic heterocycles. The quantitative estimate of drug-likeness (QED) is 0.557. The Balaban J connectivity index is 1.70. The second-order valence-electron chi connectivity index (χ2n) is 6.82. The number of sulfone groups is 1. The number of amides is 2. The summed E-state index contributed by atoms with van der Waals surface area (Å²) in [4.78, 5) is 17.6. The third kappa shape index (κ3) is 3.56. The maximum atomic E-state index is 13.2. The Kier molecular flexibility index (Phi) is 4.86.